The maximum absolute atomic E-state index is 12.0. The molecule has 0 saturated carbocycles. The normalized spacial score (nSPS) is 12.4. The van der Waals surface area contributed by atoms with Gasteiger partial charge in [-0.05, 0) is 31.2 Å². The summed E-state index contributed by atoms with van der Waals surface area (Å²) >= 11 is 0. The smallest absolute Gasteiger partial charge is 0.322 e. The van der Waals surface area contributed by atoms with Crippen molar-refractivity contribution in [2.45, 2.75) is 24.3 Å². The van der Waals surface area contributed by atoms with E-state index in [0.717, 1.165) is 0 Å². The maximum atomic E-state index is 12.0. The van der Waals surface area contributed by atoms with Crippen molar-refractivity contribution in [1.29, 1.82) is 0 Å². The molecule has 1 aromatic carbocycles. The van der Waals surface area contributed by atoms with Gasteiger partial charge < -0.3 is 9.84 Å². The first-order valence-corrected chi connectivity index (χ1v) is 7.30. The van der Waals surface area contributed by atoms with Crippen LogP contribution >= 0.6 is 0 Å². The number of hydrogen-bond donors (Lipinski definition) is 2. The Bertz CT molecular complexity index is 601. The molecule has 0 saturated heterocycles. The van der Waals surface area contributed by atoms with Gasteiger partial charge >= 0.3 is 5.97 Å². The summed E-state index contributed by atoms with van der Waals surface area (Å²) < 4.78 is 31.3. The number of nitrogens with one attached hydrogen (secondary N) is 1. The van der Waals surface area contributed by atoms with Crippen LogP contribution in [0.5, 0.6) is 5.75 Å². The van der Waals surface area contributed by atoms with E-state index in [4.69, 9.17) is 16.3 Å². The van der Waals surface area contributed by atoms with Crippen molar-refractivity contribution < 1.29 is 23.1 Å². The molecule has 6 nitrogen and oxygen atoms in total. The van der Waals surface area contributed by atoms with E-state index in [1.54, 1.807) is 0 Å². The second-order valence-corrected chi connectivity index (χ2v) is 5.54. The van der Waals surface area contributed by atoms with E-state index < -0.39 is 22.0 Å². The first kappa shape index (κ1) is 16.0. The van der Waals surface area contributed by atoms with Crippen LogP contribution in [0.3, 0.4) is 0 Å². The molecule has 0 aromatic heterocycles. The van der Waals surface area contributed by atoms with Crippen LogP contribution in [0.4, 0.5) is 0 Å². The number of aliphatic carboxylic acids is 1. The van der Waals surface area contributed by atoms with Gasteiger partial charge in [0.05, 0.1) is 11.5 Å². The number of benzene rings is 1. The third kappa shape index (κ3) is 4.26. The van der Waals surface area contributed by atoms with Gasteiger partial charge in [-0.3, -0.25) is 4.79 Å². The molecule has 2 N–H and O–H groups in total. The number of sulfonamides is 1. The van der Waals surface area contributed by atoms with Crippen molar-refractivity contribution in [1.82, 2.24) is 4.72 Å². The first-order valence-electron chi connectivity index (χ1n) is 5.82. The van der Waals surface area contributed by atoms with Crippen molar-refractivity contribution in [3.8, 4) is 18.1 Å². The SMILES string of the molecule is C#CCC(NS(=O)(=O)c1ccc(OCC)cc1)C(=O)O. The van der Waals surface area contributed by atoms with Crippen molar-refractivity contribution in [3.63, 3.8) is 0 Å². The Kier molecular flexibility index (Phi) is 5.55. The summed E-state index contributed by atoms with van der Waals surface area (Å²) in [5, 5.41) is 8.89. The minimum absolute atomic E-state index is 0.0516. The van der Waals surface area contributed by atoms with Gasteiger partial charge in [-0.2, -0.15) is 4.72 Å². The van der Waals surface area contributed by atoms with Crippen molar-refractivity contribution >= 4 is 16.0 Å². The highest BCUT2D eigenvalue weighted by molar-refractivity contribution is 7.89. The van der Waals surface area contributed by atoms with Gasteiger partial charge in [-0.15, -0.1) is 12.3 Å². The summed E-state index contributed by atoms with van der Waals surface area (Å²) in [6.45, 7) is 2.27. The predicted molar refractivity (Wildman–Crippen MR) is 72.8 cm³/mol. The number of rotatable bonds is 7. The maximum Gasteiger partial charge on any atom is 0.322 e. The van der Waals surface area contributed by atoms with E-state index in [0.29, 0.717) is 12.4 Å². The molecule has 0 fully saturated rings. The lowest BCUT2D eigenvalue weighted by Crippen LogP contribution is -2.40. The molecule has 7 heteroatoms. The lowest BCUT2D eigenvalue weighted by molar-refractivity contribution is -0.138. The lowest BCUT2D eigenvalue weighted by Gasteiger charge is -2.12. The van der Waals surface area contributed by atoms with E-state index >= 15 is 0 Å². The van der Waals surface area contributed by atoms with E-state index in [2.05, 4.69) is 10.6 Å². The minimum atomic E-state index is -3.94. The molecule has 1 unspecified atom stereocenters. The third-order valence-corrected chi connectivity index (χ3v) is 3.85. The molecule has 1 atom stereocenters. The Balaban J connectivity index is 2.93. The summed E-state index contributed by atoms with van der Waals surface area (Å²) in [5.74, 6) is 1.33. The molecule has 108 valence electrons. The van der Waals surface area contributed by atoms with Crippen LogP contribution in [0.15, 0.2) is 29.2 Å². The quantitative estimate of drug-likeness (QED) is 0.728. The molecule has 0 aliphatic carbocycles. The highest BCUT2D eigenvalue weighted by atomic mass is 32.2. The molecule has 1 rings (SSSR count). The van der Waals surface area contributed by atoms with E-state index in [-0.39, 0.29) is 11.3 Å². The summed E-state index contributed by atoms with van der Waals surface area (Å²) in [5.41, 5.74) is 0. The van der Waals surface area contributed by atoms with Crippen LogP contribution in [0.2, 0.25) is 0 Å². The molecule has 0 amide bonds. The molecular formula is C13H15NO5S. The molecule has 1 aromatic rings. The van der Waals surface area contributed by atoms with E-state index in [9.17, 15) is 13.2 Å². The number of carboxylic acid groups (broad SMARTS) is 1. The number of carbonyl (C=O) groups is 1. The van der Waals surface area contributed by atoms with Crippen LogP contribution in [0.1, 0.15) is 13.3 Å². The molecule has 0 radical (unpaired) electrons. The molecule has 0 heterocycles. The van der Waals surface area contributed by atoms with Crippen LogP contribution in [-0.4, -0.2) is 32.1 Å². The largest absolute Gasteiger partial charge is 0.494 e. The average molecular weight is 297 g/mol. The van der Waals surface area contributed by atoms with Crippen LogP contribution in [0.25, 0.3) is 0 Å². The average Bonchev–Trinajstić information content (AvgIpc) is 2.39. The van der Waals surface area contributed by atoms with E-state index in [1.807, 2.05) is 6.92 Å². The number of terminal acetylenes is 1. The fourth-order valence-corrected chi connectivity index (χ4v) is 2.62. The summed E-state index contributed by atoms with van der Waals surface area (Å²) in [7, 11) is -3.94. The first-order chi connectivity index (χ1) is 9.40. The van der Waals surface area contributed by atoms with Gasteiger partial charge in [0.2, 0.25) is 10.0 Å². The third-order valence-electron chi connectivity index (χ3n) is 2.36. The fraction of sp³-hybridized carbons (Fsp3) is 0.308. The Morgan fingerprint density at radius 1 is 1.45 bits per heavy atom. The van der Waals surface area contributed by atoms with Crippen LogP contribution in [-0.2, 0) is 14.8 Å². The highest BCUT2D eigenvalue weighted by Crippen LogP contribution is 2.16. The molecule has 0 aliphatic rings. The Labute approximate surface area is 117 Å². The summed E-state index contributed by atoms with van der Waals surface area (Å²) in [6, 6.07) is 4.31. The van der Waals surface area contributed by atoms with Gasteiger partial charge in [0.25, 0.3) is 0 Å². The zero-order valence-electron chi connectivity index (χ0n) is 10.9. The summed E-state index contributed by atoms with van der Waals surface area (Å²) in [4.78, 5) is 10.8. The van der Waals surface area contributed by atoms with Crippen LogP contribution < -0.4 is 9.46 Å². The standard InChI is InChI=1S/C13H15NO5S/c1-3-5-12(13(15)16)14-20(17,18)11-8-6-10(7-9-11)19-4-2/h1,6-9,12,14H,4-5H2,2H3,(H,15,16). The summed E-state index contributed by atoms with van der Waals surface area (Å²) in [6.07, 6.45) is 4.78. The van der Waals surface area contributed by atoms with Gasteiger partial charge in [-0.1, -0.05) is 0 Å². The highest BCUT2D eigenvalue weighted by Gasteiger charge is 2.24. The minimum Gasteiger partial charge on any atom is -0.494 e. The van der Waals surface area contributed by atoms with Crippen molar-refractivity contribution in [2.75, 3.05) is 6.61 Å². The van der Waals surface area contributed by atoms with Gasteiger partial charge in [0.1, 0.15) is 11.8 Å². The monoisotopic (exact) mass is 297 g/mol. The molecule has 0 spiro atoms. The lowest BCUT2D eigenvalue weighted by atomic mass is 10.2. The zero-order valence-corrected chi connectivity index (χ0v) is 11.7. The topological polar surface area (TPSA) is 92.7 Å². The second kappa shape index (κ2) is 6.93. The molecule has 0 bridgehead atoms. The number of hydrogen-bond acceptors (Lipinski definition) is 4. The van der Waals surface area contributed by atoms with Crippen molar-refractivity contribution in [2.24, 2.45) is 0 Å². The Hall–Kier alpha value is -2.04. The Morgan fingerprint density at radius 3 is 2.50 bits per heavy atom. The van der Waals surface area contributed by atoms with Gasteiger partial charge in [0, 0.05) is 6.42 Å². The number of ether oxygens (including phenoxy) is 1. The second-order valence-electron chi connectivity index (χ2n) is 3.82. The molecular weight excluding hydrogens is 282 g/mol. The molecule has 20 heavy (non-hydrogen) atoms. The van der Waals surface area contributed by atoms with Gasteiger partial charge in [-0.25, -0.2) is 8.42 Å². The van der Waals surface area contributed by atoms with Crippen molar-refractivity contribution in [3.05, 3.63) is 24.3 Å². The number of carboxylic acids is 1. The van der Waals surface area contributed by atoms with E-state index in [1.165, 1.54) is 24.3 Å². The van der Waals surface area contributed by atoms with Crippen LogP contribution in [0, 0.1) is 12.3 Å². The Morgan fingerprint density at radius 2 is 2.05 bits per heavy atom. The predicted octanol–water partition coefficient (Wildman–Crippen LogP) is 0.840. The fourth-order valence-electron chi connectivity index (χ4n) is 1.43. The zero-order chi connectivity index (χ0) is 15.2. The van der Waals surface area contributed by atoms with Gasteiger partial charge in [0.15, 0.2) is 0 Å². The molecule has 0 aliphatic heterocycles.